The first-order valence-electron chi connectivity index (χ1n) is 8.52. The summed E-state index contributed by atoms with van der Waals surface area (Å²) in [5, 5.41) is 3.11. The average molecular weight is 316 g/mol. The van der Waals surface area contributed by atoms with Crippen molar-refractivity contribution in [1.29, 1.82) is 0 Å². The van der Waals surface area contributed by atoms with Gasteiger partial charge >= 0.3 is 0 Å². The van der Waals surface area contributed by atoms with Gasteiger partial charge in [-0.3, -0.25) is 9.59 Å². The van der Waals surface area contributed by atoms with Gasteiger partial charge in [0.15, 0.2) is 0 Å². The molecule has 1 fully saturated rings. The SMILES string of the molecule is Cc1cc(C)cc(C(=O)NC2CCN(C(=O)CC(C)C)CC2)c1. The number of hydrogen-bond acceptors (Lipinski definition) is 2. The molecule has 1 N–H and O–H groups in total. The number of benzene rings is 1. The van der Waals surface area contributed by atoms with Gasteiger partial charge in [0, 0.05) is 31.1 Å². The lowest BCUT2D eigenvalue weighted by Crippen LogP contribution is -2.46. The molecular formula is C19H28N2O2. The zero-order valence-electron chi connectivity index (χ0n) is 14.7. The number of carbonyl (C=O) groups is 2. The second kappa shape index (κ2) is 7.62. The molecule has 1 heterocycles. The minimum absolute atomic E-state index is 0.0104. The normalized spacial score (nSPS) is 15.8. The van der Waals surface area contributed by atoms with Crippen LogP contribution in [0.25, 0.3) is 0 Å². The molecule has 1 aliphatic rings. The quantitative estimate of drug-likeness (QED) is 0.928. The Kier molecular flexibility index (Phi) is 5.80. The third-order valence-corrected chi connectivity index (χ3v) is 4.25. The highest BCUT2D eigenvalue weighted by Gasteiger charge is 2.24. The molecule has 126 valence electrons. The van der Waals surface area contributed by atoms with Gasteiger partial charge in [-0.15, -0.1) is 0 Å². The number of piperidine rings is 1. The highest BCUT2D eigenvalue weighted by atomic mass is 16.2. The highest BCUT2D eigenvalue weighted by Crippen LogP contribution is 2.15. The molecule has 2 rings (SSSR count). The van der Waals surface area contributed by atoms with Crippen LogP contribution in [0.15, 0.2) is 18.2 Å². The number of amides is 2. The van der Waals surface area contributed by atoms with E-state index in [1.165, 1.54) is 0 Å². The van der Waals surface area contributed by atoms with Gasteiger partial charge in [-0.1, -0.05) is 31.0 Å². The standard InChI is InChI=1S/C19H28N2O2/c1-13(2)9-18(22)21-7-5-17(6-8-21)20-19(23)16-11-14(3)10-15(4)12-16/h10-13,17H,5-9H2,1-4H3,(H,20,23). The lowest BCUT2D eigenvalue weighted by atomic mass is 10.0. The molecule has 23 heavy (non-hydrogen) atoms. The van der Waals surface area contributed by atoms with Gasteiger partial charge in [0.05, 0.1) is 0 Å². The number of aryl methyl sites for hydroxylation is 2. The molecule has 4 heteroatoms. The summed E-state index contributed by atoms with van der Waals surface area (Å²) in [6.45, 7) is 9.61. The van der Waals surface area contributed by atoms with Crippen molar-refractivity contribution in [2.24, 2.45) is 5.92 Å². The first-order chi connectivity index (χ1) is 10.8. The van der Waals surface area contributed by atoms with Gasteiger partial charge in [-0.2, -0.15) is 0 Å². The second-order valence-corrected chi connectivity index (χ2v) is 7.10. The van der Waals surface area contributed by atoms with Crippen molar-refractivity contribution in [3.63, 3.8) is 0 Å². The Hall–Kier alpha value is -1.84. The van der Waals surface area contributed by atoms with Gasteiger partial charge in [0.25, 0.3) is 5.91 Å². The monoisotopic (exact) mass is 316 g/mol. The molecule has 0 unspecified atom stereocenters. The number of rotatable bonds is 4. The summed E-state index contributed by atoms with van der Waals surface area (Å²) in [6, 6.07) is 6.06. The van der Waals surface area contributed by atoms with Crippen LogP contribution in [-0.2, 0) is 4.79 Å². The number of nitrogens with zero attached hydrogens (tertiary/aromatic N) is 1. The molecule has 0 aromatic heterocycles. The van der Waals surface area contributed by atoms with Crippen molar-refractivity contribution in [3.8, 4) is 0 Å². The Morgan fingerprint density at radius 2 is 1.70 bits per heavy atom. The van der Waals surface area contributed by atoms with E-state index in [9.17, 15) is 9.59 Å². The minimum Gasteiger partial charge on any atom is -0.349 e. The number of likely N-dealkylation sites (tertiary alicyclic amines) is 1. The maximum atomic E-state index is 12.4. The van der Waals surface area contributed by atoms with Gasteiger partial charge in [0.2, 0.25) is 5.91 Å². The lowest BCUT2D eigenvalue weighted by molar-refractivity contribution is -0.133. The van der Waals surface area contributed by atoms with Crippen molar-refractivity contribution in [3.05, 3.63) is 34.9 Å². The molecule has 1 aromatic rings. The predicted molar refractivity (Wildman–Crippen MR) is 92.4 cm³/mol. The first-order valence-corrected chi connectivity index (χ1v) is 8.52. The minimum atomic E-state index is -0.0104. The lowest BCUT2D eigenvalue weighted by Gasteiger charge is -2.33. The van der Waals surface area contributed by atoms with Crippen molar-refractivity contribution in [2.75, 3.05) is 13.1 Å². The van der Waals surface area contributed by atoms with E-state index >= 15 is 0 Å². The fourth-order valence-corrected chi connectivity index (χ4v) is 3.13. The molecular weight excluding hydrogens is 288 g/mol. The molecule has 0 aliphatic carbocycles. The Labute approximate surface area is 139 Å². The highest BCUT2D eigenvalue weighted by molar-refractivity contribution is 5.94. The van der Waals surface area contributed by atoms with Crippen LogP contribution in [0.4, 0.5) is 0 Å². The van der Waals surface area contributed by atoms with E-state index in [0.29, 0.717) is 12.3 Å². The van der Waals surface area contributed by atoms with Crippen LogP contribution >= 0.6 is 0 Å². The van der Waals surface area contributed by atoms with Crippen LogP contribution in [0.1, 0.15) is 54.6 Å². The van der Waals surface area contributed by atoms with Gasteiger partial charge < -0.3 is 10.2 Å². The molecule has 0 radical (unpaired) electrons. The van der Waals surface area contributed by atoms with E-state index in [2.05, 4.69) is 25.2 Å². The molecule has 1 saturated heterocycles. The van der Waals surface area contributed by atoms with E-state index in [0.717, 1.165) is 42.6 Å². The molecule has 0 atom stereocenters. The Balaban J connectivity index is 1.86. The van der Waals surface area contributed by atoms with Crippen LogP contribution in [0.5, 0.6) is 0 Å². The summed E-state index contributed by atoms with van der Waals surface area (Å²) in [7, 11) is 0. The molecule has 1 aliphatic heterocycles. The molecule has 0 spiro atoms. The summed E-state index contributed by atoms with van der Waals surface area (Å²) < 4.78 is 0. The van der Waals surface area contributed by atoms with Gasteiger partial charge in [-0.25, -0.2) is 0 Å². The molecule has 1 aromatic carbocycles. The van der Waals surface area contributed by atoms with Crippen LogP contribution in [-0.4, -0.2) is 35.8 Å². The number of hydrogen-bond donors (Lipinski definition) is 1. The smallest absolute Gasteiger partial charge is 0.251 e. The van der Waals surface area contributed by atoms with E-state index in [1.54, 1.807) is 0 Å². The summed E-state index contributed by atoms with van der Waals surface area (Å²) in [6.07, 6.45) is 2.28. The van der Waals surface area contributed by atoms with Crippen LogP contribution in [0.3, 0.4) is 0 Å². The van der Waals surface area contributed by atoms with Gasteiger partial charge in [0.1, 0.15) is 0 Å². The van der Waals surface area contributed by atoms with Crippen molar-refractivity contribution in [2.45, 2.75) is 53.0 Å². The zero-order valence-corrected chi connectivity index (χ0v) is 14.7. The number of nitrogens with one attached hydrogen (secondary N) is 1. The number of carbonyl (C=O) groups excluding carboxylic acids is 2. The summed E-state index contributed by atoms with van der Waals surface area (Å²) >= 11 is 0. The van der Waals surface area contributed by atoms with Gasteiger partial charge in [-0.05, 0) is 44.7 Å². The van der Waals surface area contributed by atoms with E-state index in [-0.39, 0.29) is 17.9 Å². The fourth-order valence-electron chi connectivity index (χ4n) is 3.13. The van der Waals surface area contributed by atoms with Crippen molar-refractivity contribution in [1.82, 2.24) is 10.2 Å². The third-order valence-electron chi connectivity index (χ3n) is 4.25. The Morgan fingerprint density at radius 1 is 1.13 bits per heavy atom. The second-order valence-electron chi connectivity index (χ2n) is 7.10. The Bertz CT molecular complexity index is 552. The fraction of sp³-hybridized carbons (Fsp3) is 0.579. The molecule has 0 bridgehead atoms. The predicted octanol–water partition coefficient (Wildman–Crippen LogP) is 3.07. The average Bonchev–Trinajstić information content (AvgIpc) is 2.46. The van der Waals surface area contributed by atoms with Crippen LogP contribution in [0.2, 0.25) is 0 Å². The van der Waals surface area contributed by atoms with E-state index < -0.39 is 0 Å². The molecule has 4 nitrogen and oxygen atoms in total. The largest absolute Gasteiger partial charge is 0.349 e. The first kappa shape index (κ1) is 17.5. The topological polar surface area (TPSA) is 49.4 Å². The molecule has 2 amide bonds. The summed E-state index contributed by atoms with van der Waals surface area (Å²) in [5.41, 5.74) is 2.93. The van der Waals surface area contributed by atoms with Crippen molar-refractivity contribution >= 4 is 11.8 Å². The summed E-state index contributed by atoms with van der Waals surface area (Å²) in [5.74, 6) is 0.618. The third kappa shape index (κ3) is 5.08. The zero-order chi connectivity index (χ0) is 17.0. The maximum absolute atomic E-state index is 12.4. The molecule has 0 saturated carbocycles. The van der Waals surface area contributed by atoms with E-state index in [4.69, 9.17) is 0 Å². The van der Waals surface area contributed by atoms with Crippen LogP contribution < -0.4 is 5.32 Å². The maximum Gasteiger partial charge on any atom is 0.251 e. The summed E-state index contributed by atoms with van der Waals surface area (Å²) in [4.78, 5) is 26.4. The Morgan fingerprint density at radius 3 is 2.22 bits per heavy atom. The van der Waals surface area contributed by atoms with Crippen LogP contribution in [0, 0.1) is 19.8 Å². The van der Waals surface area contributed by atoms with E-state index in [1.807, 2.05) is 30.9 Å². The van der Waals surface area contributed by atoms with Crippen molar-refractivity contribution < 1.29 is 9.59 Å².